The Labute approximate surface area is 139 Å². The van der Waals surface area contributed by atoms with Gasteiger partial charge in [-0.3, -0.25) is 0 Å². The van der Waals surface area contributed by atoms with Crippen LogP contribution >= 0.6 is 0 Å². The minimum Gasteiger partial charge on any atom is -0.445 e. The zero-order valence-corrected chi connectivity index (χ0v) is 12.5. The first kappa shape index (κ1) is 18.3. The largest absolute Gasteiger partial charge is 0.445 e. The molecule has 8 heteroatoms. The van der Waals surface area contributed by atoms with Gasteiger partial charge in [0.1, 0.15) is 12.2 Å². The van der Waals surface area contributed by atoms with Crippen LogP contribution in [0.3, 0.4) is 0 Å². The molecule has 1 N–H and O–H groups in total. The lowest BCUT2D eigenvalue weighted by atomic mass is 10.1. The molecule has 0 fully saturated rings. The molecule has 2 rings (SSSR count). The van der Waals surface area contributed by atoms with Crippen molar-refractivity contribution in [3.8, 4) is 11.8 Å². The van der Waals surface area contributed by atoms with Gasteiger partial charge in [-0.2, -0.15) is 0 Å². The van der Waals surface area contributed by atoms with E-state index in [0.717, 1.165) is 5.56 Å². The topological polar surface area (TPSA) is 38.3 Å². The Bertz CT molecular complexity index is 815. The normalized spacial score (nSPS) is 9.96. The van der Waals surface area contributed by atoms with E-state index >= 15 is 0 Å². The van der Waals surface area contributed by atoms with E-state index in [9.17, 15) is 26.7 Å². The summed E-state index contributed by atoms with van der Waals surface area (Å²) >= 11 is 0. The van der Waals surface area contributed by atoms with Crippen LogP contribution in [0.5, 0.6) is 0 Å². The van der Waals surface area contributed by atoms with Gasteiger partial charge in [-0.1, -0.05) is 42.2 Å². The van der Waals surface area contributed by atoms with Crippen LogP contribution in [0.4, 0.5) is 26.7 Å². The molecule has 130 valence electrons. The summed E-state index contributed by atoms with van der Waals surface area (Å²) in [6, 6.07) is 8.77. The molecule has 0 unspecified atom stereocenters. The zero-order valence-electron chi connectivity index (χ0n) is 12.5. The lowest BCUT2D eigenvalue weighted by molar-refractivity contribution is 0.141. The van der Waals surface area contributed by atoms with Gasteiger partial charge in [-0.05, 0) is 5.56 Å². The van der Waals surface area contributed by atoms with Crippen LogP contribution in [0.1, 0.15) is 11.1 Å². The number of rotatable bonds is 3. The first-order valence-corrected chi connectivity index (χ1v) is 6.86. The van der Waals surface area contributed by atoms with Gasteiger partial charge >= 0.3 is 6.09 Å². The highest BCUT2D eigenvalue weighted by Crippen LogP contribution is 2.22. The summed E-state index contributed by atoms with van der Waals surface area (Å²) in [5.74, 6) is -6.60. The van der Waals surface area contributed by atoms with Crippen LogP contribution in [0, 0.1) is 40.9 Å². The fourth-order valence-electron chi connectivity index (χ4n) is 1.74. The molecule has 25 heavy (non-hydrogen) atoms. The SMILES string of the molecule is O=C(NCC#Cc1c(F)c(F)c(F)c(F)c1F)OCc1ccccc1. The molecule has 0 saturated heterocycles. The molecule has 2 aromatic carbocycles. The Morgan fingerprint density at radius 2 is 1.48 bits per heavy atom. The van der Waals surface area contributed by atoms with E-state index in [1.54, 1.807) is 36.3 Å². The monoisotopic (exact) mass is 355 g/mol. The van der Waals surface area contributed by atoms with Crippen molar-refractivity contribution in [2.45, 2.75) is 6.61 Å². The number of benzene rings is 2. The van der Waals surface area contributed by atoms with Crippen molar-refractivity contribution in [2.24, 2.45) is 0 Å². The molecule has 0 saturated carbocycles. The van der Waals surface area contributed by atoms with E-state index in [1.807, 2.05) is 0 Å². The summed E-state index contributed by atoms with van der Waals surface area (Å²) in [7, 11) is 0. The third kappa shape index (κ3) is 4.47. The molecule has 0 aromatic heterocycles. The molecule has 0 heterocycles. The van der Waals surface area contributed by atoms with Crippen LogP contribution in [-0.4, -0.2) is 12.6 Å². The molecule has 0 aliphatic heterocycles. The second-order valence-electron chi connectivity index (χ2n) is 4.66. The second kappa shape index (κ2) is 8.15. The van der Waals surface area contributed by atoms with Crippen molar-refractivity contribution >= 4 is 6.09 Å². The lowest BCUT2D eigenvalue weighted by Gasteiger charge is -2.04. The number of carbonyl (C=O) groups is 1. The Kier molecular flexibility index (Phi) is 5.95. The van der Waals surface area contributed by atoms with Gasteiger partial charge in [-0.25, -0.2) is 26.7 Å². The summed E-state index contributed by atoms with van der Waals surface area (Å²) in [4.78, 5) is 11.4. The lowest BCUT2D eigenvalue weighted by Crippen LogP contribution is -2.24. The number of alkyl carbamates (subject to hydrolysis) is 1. The van der Waals surface area contributed by atoms with Crippen LogP contribution in [-0.2, 0) is 11.3 Å². The second-order valence-corrected chi connectivity index (χ2v) is 4.66. The maximum absolute atomic E-state index is 13.4. The molecule has 0 aliphatic carbocycles. The molecule has 3 nitrogen and oxygen atoms in total. The maximum Gasteiger partial charge on any atom is 0.408 e. The number of hydrogen-bond donors (Lipinski definition) is 1. The maximum atomic E-state index is 13.4. The van der Waals surface area contributed by atoms with Gasteiger partial charge in [0.15, 0.2) is 23.3 Å². The average Bonchev–Trinajstić information content (AvgIpc) is 2.63. The fourth-order valence-corrected chi connectivity index (χ4v) is 1.74. The van der Waals surface area contributed by atoms with E-state index < -0.39 is 47.3 Å². The van der Waals surface area contributed by atoms with Gasteiger partial charge in [-0.15, -0.1) is 0 Å². The number of amides is 1. The molecule has 0 radical (unpaired) electrons. The Morgan fingerprint density at radius 3 is 2.08 bits per heavy atom. The third-order valence-corrected chi connectivity index (χ3v) is 2.96. The smallest absolute Gasteiger partial charge is 0.408 e. The molecule has 0 aliphatic rings. The predicted octanol–water partition coefficient (Wildman–Crippen LogP) is 3.66. The molecule has 2 aromatic rings. The molecule has 0 bridgehead atoms. The van der Waals surface area contributed by atoms with Gasteiger partial charge < -0.3 is 10.1 Å². The highest BCUT2D eigenvalue weighted by atomic mass is 19.2. The number of halogens is 5. The van der Waals surface area contributed by atoms with Crippen LogP contribution in [0.25, 0.3) is 0 Å². The number of hydrogen-bond acceptors (Lipinski definition) is 2. The van der Waals surface area contributed by atoms with Crippen LogP contribution in [0.15, 0.2) is 30.3 Å². The van der Waals surface area contributed by atoms with Crippen molar-refractivity contribution in [3.63, 3.8) is 0 Å². The Balaban J connectivity index is 1.94. The fraction of sp³-hybridized carbons (Fsp3) is 0.118. The van der Waals surface area contributed by atoms with E-state index in [0.29, 0.717) is 0 Å². The zero-order chi connectivity index (χ0) is 18.4. The van der Waals surface area contributed by atoms with Crippen molar-refractivity contribution in [1.82, 2.24) is 5.32 Å². The standard InChI is InChI=1S/C17H10F5NO2/c18-12-11(13(19)15(21)16(22)14(12)20)7-4-8-23-17(24)25-9-10-5-2-1-3-6-10/h1-3,5-6H,8-9H2,(H,23,24). The van der Waals surface area contributed by atoms with Crippen molar-refractivity contribution < 1.29 is 31.5 Å². The summed E-state index contributed by atoms with van der Waals surface area (Å²) < 4.78 is 70.4. The van der Waals surface area contributed by atoms with E-state index in [4.69, 9.17) is 4.74 Å². The number of nitrogens with one attached hydrogen (secondary N) is 1. The first-order valence-electron chi connectivity index (χ1n) is 6.86. The summed E-state index contributed by atoms with van der Waals surface area (Å²) in [5.41, 5.74) is -0.527. The van der Waals surface area contributed by atoms with E-state index in [2.05, 4.69) is 11.2 Å². The van der Waals surface area contributed by atoms with Crippen molar-refractivity contribution in [1.29, 1.82) is 0 Å². The minimum absolute atomic E-state index is 0.00224. The highest BCUT2D eigenvalue weighted by molar-refractivity contribution is 5.67. The van der Waals surface area contributed by atoms with E-state index in [-0.39, 0.29) is 6.61 Å². The van der Waals surface area contributed by atoms with Gasteiger partial charge in [0.05, 0.1) is 6.54 Å². The third-order valence-electron chi connectivity index (χ3n) is 2.96. The predicted molar refractivity (Wildman–Crippen MR) is 77.7 cm³/mol. The van der Waals surface area contributed by atoms with Gasteiger partial charge in [0.2, 0.25) is 5.82 Å². The quantitative estimate of drug-likeness (QED) is 0.395. The highest BCUT2D eigenvalue weighted by Gasteiger charge is 2.24. The molecule has 0 atom stereocenters. The van der Waals surface area contributed by atoms with Crippen LogP contribution in [0.2, 0.25) is 0 Å². The van der Waals surface area contributed by atoms with E-state index in [1.165, 1.54) is 0 Å². The summed E-state index contributed by atoms with van der Waals surface area (Å²) in [6.45, 7) is -0.412. The molecular weight excluding hydrogens is 345 g/mol. The van der Waals surface area contributed by atoms with Gasteiger partial charge in [0.25, 0.3) is 0 Å². The van der Waals surface area contributed by atoms with Crippen molar-refractivity contribution in [2.75, 3.05) is 6.54 Å². The summed E-state index contributed by atoms with van der Waals surface area (Å²) in [6.07, 6.45) is -0.851. The average molecular weight is 355 g/mol. The Hall–Kier alpha value is -3.08. The number of ether oxygens (including phenoxy) is 1. The van der Waals surface area contributed by atoms with Gasteiger partial charge in [0, 0.05) is 0 Å². The summed E-state index contributed by atoms with van der Waals surface area (Å²) in [5, 5.41) is 2.16. The molecule has 1 amide bonds. The van der Waals surface area contributed by atoms with Crippen LogP contribution < -0.4 is 5.32 Å². The molecule has 0 spiro atoms. The first-order chi connectivity index (χ1) is 11.9. The Morgan fingerprint density at radius 1 is 0.920 bits per heavy atom. The number of carbonyl (C=O) groups excluding carboxylic acids is 1. The minimum atomic E-state index is -2.26. The van der Waals surface area contributed by atoms with Crippen molar-refractivity contribution in [3.05, 3.63) is 70.5 Å². The molecular formula is C17H10F5NO2.